The summed E-state index contributed by atoms with van der Waals surface area (Å²) >= 11 is 0. The fourth-order valence-electron chi connectivity index (χ4n) is 4.31. The van der Waals surface area contributed by atoms with Gasteiger partial charge in [-0.3, -0.25) is 0 Å². The highest BCUT2D eigenvalue weighted by atomic mass is 16.5. The molecule has 0 aromatic rings. The molecule has 0 N–H and O–H groups in total. The van der Waals surface area contributed by atoms with E-state index in [1.54, 1.807) is 0 Å². The quantitative estimate of drug-likeness (QED) is 0.611. The highest BCUT2D eigenvalue weighted by Gasteiger charge is 2.59. The molecule has 1 heteroatoms. The van der Waals surface area contributed by atoms with Crippen molar-refractivity contribution in [1.82, 2.24) is 0 Å². The van der Waals surface area contributed by atoms with Gasteiger partial charge in [0.1, 0.15) is 0 Å². The first kappa shape index (κ1) is 10.8. The van der Waals surface area contributed by atoms with E-state index in [0.29, 0.717) is 16.2 Å². The summed E-state index contributed by atoms with van der Waals surface area (Å²) in [6, 6.07) is 0. The molecular weight excluding hydrogens is 196 g/mol. The van der Waals surface area contributed by atoms with Crippen molar-refractivity contribution in [2.45, 2.75) is 46.5 Å². The van der Waals surface area contributed by atoms with Gasteiger partial charge in [0, 0.05) is 12.0 Å². The third kappa shape index (κ3) is 1.16. The van der Waals surface area contributed by atoms with E-state index >= 15 is 0 Å². The van der Waals surface area contributed by atoms with E-state index in [-0.39, 0.29) is 0 Å². The van der Waals surface area contributed by atoms with Crippen LogP contribution in [0.25, 0.3) is 0 Å². The predicted octanol–water partition coefficient (Wildman–Crippen LogP) is 3.80. The minimum Gasteiger partial charge on any atom is -0.381 e. The molecule has 0 aromatic carbocycles. The first-order valence-electron chi connectivity index (χ1n) is 6.80. The Morgan fingerprint density at radius 2 is 1.94 bits per heavy atom. The largest absolute Gasteiger partial charge is 0.381 e. The third-order valence-electron chi connectivity index (χ3n) is 6.03. The number of fused-ring (bicyclic) bond motifs is 1. The smallest absolute Gasteiger partial charge is 0.0531 e. The summed E-state index contributed by atoms with van der Waals surface area (Å²) in [6.07, 6.45) is 10.5. The fraction of sp³-hybridized carbons (Fsp3) is 0.867. The van der Waals surface area contributed by atoms with Gasteiger partial charge < -0.3 is 4.74 Å². The Bertz CT molecular complexity index is 324. The molecule has 1 spiro atoms. The summed E-state index contributed by atoms with van der Waals surface area (Å²) in [5.74, 6) is 0.770. The fourth-order valence-corrected chi connectivity index (χ4v) is 4.31. The molecule has 16 heavy (non-hydrogen) atoms. The van der Waals surface area contributed by atoms with Gasteiger partial charge in [-0.2, -0.15) is 0 Å². The van der Waals surface area contributed by atoms with Crippen molar-refractivity contribution in [2.75, 3.05) is 13.2 Å². The van der Waals surface area contributed by atoms with Crippen LogP contribution in [0.1, 0.15) is 46.5 Å². The second-order valence-electron chi connectivity index (χ2n) is 6.90. The zero-order valence-corrected chi connectivity index (χ0v) is 10.9. The van der Waals surface area contributed by atoms with E-state index in [4.69, 9.17) is 4.74 Å². The van der Waals surface area contributed by atoms with Gasteiger partial charge in [-0.25, -0.2) is 0 Å². The van der Waals surface area contributed by atoms with Crippen molar-refractivity contribution in [3.8, 4) is 0 Å². The minimum absolute atomic E-state index is 0.417. The molecule has 1 aliphatic heterocycles. The van der Waals surface area contributed by atoms with Crippen LogP contribution in [0.4, 0.5) is 0 Å². The highest BCUT2D eigenvalue weighted by molar-refractivity contribution is 5.24. The summed E-state index contributed by atoms with van der Waals surface area (Å²) in [7, 11) is 0. The van der Waals surface area contributed by atoms with E-state index in [0.717, 1.165) is 19.1 Å². The van der Waals surface area contributed by atoms with Gasteiger partial charge in [0.15, 0.2) is 0 Å². The summed E-state index contributed by atoms with van der Waals surface area (Å²) < 4.78 is 5.75. The summed E-state index contributed by atoms with van der Waals surface area (Å²) in [4.78, 5) is 0. The van der Waals surface area contributed by atoms with Crippen LogP contribution in [-0.2, 0) is 4.74 Å². The van der Waals surface area contributed by atoms with E-state index in [1.807, 2.05) is 0 Å². The monoisotopic (exact) mass is 220 g/mol. The van der Waals surface area contributed by atoms with Crippen molar-refractivity contribution in [1.29, 1.82) is 0 Å². The average Bonchev–Trinajstić information content (AvgIpc) is 2.70. The topological polar surface area (TPSA) is 9.23 Å². The van der Waals surface area contributed by atoms with Gasteiger partial charge >= 0.3 is 0 Å². The van der Waals surface area contributed by atoms with Crippen molar-refractivity contribution < 1.29 is 4.74 Å². The Morgan fingerprint density at radius 1 is 1.12 bits per heavy atom. The highest BCUT2D eigenvalue weighted by Crippen LogP contribution is 2.66. The summed E-state index contributed by atoms with van der Waals surface area (Å²) in [5.41, 5.74) is 1.36. The molecule has 90 valence electrons. The van der Waals surface area contributed by atoms with Gasteiger partial charge in [-0.1, -0.05) is 32.9 Å². The third-order valence-corrected chi connectivity index (χ3v) is 6.03. The maximum absolute atomic E-state index is 5.75. The second-order valence-corrected chi connectivity index (χ2v) is 6.90. The number of allylic oxidation sites excluding steroid dienone is 2. The van der Waals surface area contributed by atoms with Crippen LogP contribution in [0.2, 0.25) is 0 Å². The van der Waals surface area contributed by atoms with Crippen molar-refractivity contribution in [3.05, 3.63) is 12.2 Å². The molecular formula is C15H24O. The number of hydrogen-bond acceptors (Lipinski definition) is 1. The van der Waals surface area contributed by atoms with Crippen molar-refractivity contribution in [3.63, 3.8) is 0 Å². The van der Waals surface area contributed by atoms with Gasteiger partial charge in [-0.15, -0.1) is 0 Å². The second kappa shape index (κ2) is 3.13. The lowest BCUT2D eigenvalue weighted by molar-refractivity contribution is -0.0557. The minimum atomic E-state index is 0.417. The molecule has 0 aromatic heterocycles. The lowest BCUT2D eigenvalue weighted by Crippen LogP contribution is -2.53. The lowest BCUT2D eigenvalue weighted by Gasteiger charge is -2.59. The number of rotatable bonds is 1. The predicted molar refractivity (Wildman–Crippen MR) is 66.2 cm³/mol. The summed E-state index contributed by atoms with van der Waals surface area (Å²) in [5, 5.41) is 0. The van der Waals surface area contributed by atoms with E-state index in [1.165, 1.54) is 25.7 Å². The molecule has 4 aliphatic rings. The van der Waals surface area contributed by atoms with Gasteiger partial charge in [0.2, 0.25) is 0 Å². The SMILES string of the molecule is CC(C)C12C=CC(C)(CC1)C1(CCOC1)C2. The molecule has 0 radical (unpaired) electrons. The average molecular weight is 220 g/mol. The zero-order valence-electron chi connectivity index (χ0n) is 10.9. The van der Waals surface area contributed by atoms with Crippen LogP contribution < -0.4 is 0 Å². The Morgan fingerprint density at radius 3 is 2.44 bits per heavy atom. The van der Waals surface area contributed by atoms with Crippen molar-refractivity contribution >= 4 is 0 Å². The molecule has 2 fully saturated rings. The van der Waals surface area contributed by atoms with Crippen LogP contribution in [0.15, 0.2) is 12.2 Å². The zero-order chi connectivity index (χ0) is 11.4. The van der Waals surface area contributed by atoms with Crippen LogP contribution >= 0.6 is 0 Å². The molecule has 3 aliphatic carbocycles. The van der Waals surface area contributed by atoms with Gasteiger partial charge in [-0.05, 0) is 42.4 Å². The normalized spacial score (nSPS) is 50.8. The molecule has 4 rings (SSSR count). The molecule has 3 unspecified atom stereocenters. The molecule has 3 atom stereocenters. The number of hydrogen-bond donors (Lipinski definition) is 0. The van der Waals surface area contributed by atoms with Gasteiger partial charge in [0.05, 0.1) is 6.61 Å². The van der Waals surface area contributed by atoms with Crippen LogP contribution in [-0.4, -0.2) is 13.2 Å². The maximum atomic E-state index is 5.75. The van der Waals surface area contributed by atoms with E-state index in [9.17, 15) is 0 Å². The molecule has 0 amide bonds. The van der Waals surface area contributed by atoms with Crippen LogP contribution in [0.3, 0.4) is 0 Å². The van der Waals surface area contributed by atoms with Crippen LogP contribution in [0, 0.1) is 22.2 Å². The Kier molecular flexibility index (Phi) is 2.12. The Balaban J connectivity index is 2.03. The molecule has 2 bridgehead atoms. The Hall–Kier alpha value is -0.300. The van der Waals surface area contributed by atoms with Crippen molar-refractivity contribution in [2.24, 2.45) is 22.2 Å². The summed E-state index contributed by atoms with van der Waals surface area (Å²) in [6.45, 7) is 9.23. The number of ether oxygens (including phenoxy) is 1. The first-order chi connectivity index (χ1) is 7.52. The molecule has 1 saturated heterocycles. The first-order valence-corrected chi connectivity index (χ1v) is 6.80. The molecule has 1 heterocycles. The van der Waals surface area contributed by atoms with E-state index in [2.05, 4.69) is 32.9 Å². The lowest BCUT2D eigenvalue weighted by atomic mass is 9.44. The maximum Gasteiger partial charge on any atom is 0.0531 e. The molecule has 1 saturated carbocycles. The van der Waals surface area contributed by atoms with E-state index < -0.39 is 0 Å². The van der Waals surface area contributed by atoms with Crippen LogP contribution in [0.5, 0.6) is 0 Å². The van der Waals surface area contributed by atoms with Gasteiger partial charge in [0.25, 0.3) is 0 Å². The molecule has 1 nitrogen and oxygen atoms in total. The Labute approximate surface area is 99.3 Å². The standard InChI is InChI=1S/C15H24O/c1-12(2)14-6-4-13(3,5-7-14)15(10-14)8-9-16-11-15/h4,6,12H,5,7-11H2,1-3H3.